The Labute approximate surface area is 91.6 Å². The number of likely N-dealkylation sites (tertiary alicyclic amines) is 1. The molecule has 1 aliphatic heterocycles. The van der Waals surface area contributed by atoms with Crippen molar-refractivity contribution in [3.8, 4) is 0 Å². The second kappa shape index (κ2) is 4.77. The summed E-state index contributed by atoms with van der Waals surface area (Å²) in [5.41, 5.74) is 0. The van der Waals surface area contributed by atoms with Gasteiger partial charge in [0.1, 0.15) is 0 Å². The van der Waals surface area contributed by atoms with Gasteiger partial charge in [0.2, 0.25) is 10.3 Å². The fourth-order valence-corrected chi connectivity index (χ4v) is 2.78. The molecule has 1 heterocycles. The molecule has 1 atom stereocenters. The number of piperidine rings is 1. The predicted molar refractivity (Wildman–Crippen MR) is 61.4 cm³/mol. The molecule has 4 heteroatoms. The Morgan fingerprint density at radius 3 is 2.53 bits per heavy atom. The van der Waals surface area contributed by atoms with Crippen LogP contribution in [0, 0.1) is 0 Å². The first-order valence-corrected chi connectivity index (χ1v) is 6.41. The molecule has 0 radical (unpaired) electrons. The second-order valence-electron chi connectivity index (χ2n) is 3.92. The Morgan fingerprint density at radius 1 is 1.13 bits per heavy atom. The highest BCUT2D eigenvalue weighted by atomic mass is 32.2. The van der Waals surface area contributed by atoms with Gasteiger partial charge in [0, 0.05) is 0 Å². The van der Waals surface area contributed by atoms with Crippen molar-refractivity contribution in [2.75, 3.05) is 13.1 Å². The van der Waals surface area contributed by atoms with Crippen molar-refractivity contribution in [2.45, 2.75) is 25.3 Å². The summed E-state index contributed by atoms with van der Waals surface area (Å²) in [6, 6.07) is -0.0337. The predicted octanol–water partition coefficient (Wildman–Crippen LogP) is 1.02. The highest BCUT2D eigenvalue weighted by Crippen LogP contribution is 2.16. The van der Waals surface area contributed by atoms with Crippen molar-refractivity contribution < 1.29 is 8.42 Å². The normalized spacial score (nSPS) is 26.9. The molecule has 0 aromatic rings. The van der Waals surface area contributed by atoms with Crippen molar-refractivity contribution in [3.63, 3.8) is 0 Å². The summed E-state index contributed by atoms with van der Waals surface area (Å²) in [7, 11) is -2.10. The van der Waals surface area contributed by atoms with E-state index in [1.165, 1.54) is 19.3 Å². The fraction of sp³-hybridized carbons (Fsp3) is 0.545. The van der Waals surface area contributed by atoms with E-state index in [4.69, 9.17) is 0 Å². The molecule has 0 aromatic carbocycles. The fourth-order valence-electron chi connectivity index (χ4n) is 2.17. The van der Waals surface area contributed by atoms with Crippen molar-refractivity contribution >= 4 is 15.2 Å². The van der Waals surface area contributed by atoms with Crippen molar-refractivity contribution in [2.24, 2.45) is 0 Å². The van der Waals surface area contributed by atoms with Crippen LogP contribution in [0.25, 0.3) is 0 Å². The van der Waals surface area contributed by atoms with Crippen LogP contribution < -0.4 is 0 Å². The van der Waals surface area contributed by atoms with Crippen LogP contribution in [0.15, 0.2) is 24.3 Å². The standard InChI is InChI=1S/C11H15NO2S/c13-15(14)11-7-3-2-6-10(11)12-8-4-1-5-9-12/h2-3,6-7,10H,1,4-5,8-9H2. The van der Waals surface area contributed by atoms with Gasteiger partial charge in [-0.05, 0) is 32.0 Å². The Bertz CT molecular complexity index is 406. The summed E-state index contributed by atoms with van der Waals surface area (Å²) >= 11 is 0. The van der Waals surface area contributed by atoms with E-state index < -0.39 is 10.3 Å². The first kappa shape index (κ1) is 10.6. The largest absolute Gasteiger partial charge is 0.292 e. The van der Waals surface area contributed by atoms with Gasteiger partial charge in [-0.3, -0.25) is 4.90 Å². The molecule has 0 spiro atoms. The van der Waals surface area contributed by atoms with E-state index in [2.05, 4.69) is 4.90 Å². The quantitative estimate of drug-likeness (QED) is 0.625. The van der Waals surface area contributed by atoms with Crippen LogP contribution >= 0.6 is 0 Å². The third kappa shape index (κ3) is 2.38. The highest BCUT2D eigenvalue weighted by Gasteiger charge is 2.23. The number of rotatable bonds is 1. The van der Waals surface area contributed by atoms with E-state index in [0.717, 1.165) is 13.1 Å². The molecule has 0 amide bonds. The minimum absolute atomic E-state index is 0.0337. The number of allylic oxidation sites excluding steroid dienone is 2. The summed E-state index contributed by atoms with van der Waals surface area (Å²) in [6.07, 6.45) is 11.0. The van der Waals surface area contributed by atoms with Gasteiger partial charge in [-0.25, -0.2) is 0 Å². The minimum Gasteiger partial charge on any atom is -0.292 e. The number of hydrogen-bond acceptors (Lipinski definition) is 3. The van der Waals surface area contributed by atoms with Crippen LogP contribution in [0.4, 0.5) is 0 Å². The highest BCUT2D eigenvalue weighted by molar-refractivity contribution is 7.73. The Kier molecular flexibility index (Phi) is 3.38. The average Bonchev–Trinajstić information content (AvgIpc) is 2.30. The van der Waals surface area contributed by atoms with Crippen LogP contribution in [-0.2, 0) is 10.3 Å². The van der Waals surface area contributed by atoms with Gasteiger partial charge in [0.25, 0.3) is 0 Å². The van der Waals surface area contributed by atoms with E-state index in [0.29, 0.717) is 4.86 Å². The number of nitrogens with zero attached hydrogens (tertiary/aromatic N) is 1. The van der Waals surface area contributed by atoms with E-state index in [1.807, 2.05) is 12.2 Å². The van der Waals surface area contributed by atoms with Gasteiger partial charge in [0.15, 0.2) is 0 Å². The maximum absolute atomic E-state index is 11.1. The minimum atomic E-state index is -2.10. The molecule has 1 aliphatic carbocycles. The molecule has 0 saturated carbocycles. The van der Waals surface area contributed by atoms with Crippen molar-refractivity contribution in [1.29, 1.82) is 0 Å². The van der Waals surface area contributed by atoms with Crippen LogP contribution in [0.3, 0.4) is 0 Å². The molecule has 2 aliphatic rings. The summed E-state index contributed by atoms with van der Waals surface area (Å²) in [4.78, 5) is 2.74. The summed E-state index contributed by atoms with van der Waals surface area (Å²) in [5, 5.41) is 0. The van der Waals surface area contributed by atoms with Gasteiger partial charge >= 0.3 is 0 Å². The maximum Gasteiger partial charge on any atom is 0.219 e. The molecule has 1 saturated heterocycles. The Balaban J connectivity index is 2.23. The molecular weight excluding hydrogens is 210 g/mol. The first-order valence-electron chi connectivity index (χ1n) is 5.34. The van der Waals surface area contributed by atoms with E-state index in [1.54, 1.807) is 12.2 Å². The second-order valence-corrected chi connectivity index (χ2v) is 4.86. The average molecular weight is 225 g/mol. The summed E-state index contributed by atoms with van der Waals surface area (Å²) < 4.78 is 22.1. The molecular formula is C11H15NO2S. The van der Waals surface area contributed by atoms with E-state index >= 15 is 0 Å². The molecule has 1 unspecified atom stereocenters. The number of hydrogen-bond donors (Lipinski definition) is 0. The third-order valence-electron chi connectivity index (χ3n) is 2.93. The van der Waals surface area contributed by atoms with Gasteiger partial charge < -0.3 is 0 Å². The van der Waals surface area contributed by atoms with Gasteiger partial charge in [-0.15, -0.1) is 0 Å². The maximum atomic E-state index is 11.1. The summed E-state index contributed by atoms with van der Waals surface area (Å²) in [6.45, 7) is 2.01. The van der Waals surface area contributed by atoms with Crippen LogP contribution in [-0.4, -0.2) is 37.3 Å². The van der Waals surface area contributed by atoms with Gasteiger partial charge in [0.05, 0.1) is 10.9 Å². The Hall–Kier alpha value is -0.870. The topological polar surface area (TPSA) is 37.4 Å². The molecule has 0 N–H and O–H groups in total. The van der Waals surface area contributed by atoms with Crippen molar-refractivity contribution in [1.82, 2.24) is 4.90 Å². The Morgan fingerprint density at radius 2 is 1.87 bits per heavy atom. The molecule has 82 valence electrons. The molecule has 1 fully saturated rings. The van der Waals surface area contributed by atoms with Crippen LogP contribution in [0.5, 0.6) is 0 Å². The molecule has 15 heavy (non-hydrogen) atoms. The lowest BCUT2D eigenvalue weighted by molar-refractivity contribution is 0.226. The smallest absolute Gasteiger partial charge is 0.219 e. The SMILES string of the molecule is O=S(=O)=C1C=CC=CC1N1CCCCC1. The molecule has 3 nitrogen and oxygen atoms in total. The molecule has 0 bridgehead atoms. The third-order valence-corrected chi connectivity index (χ3v) is 3.70. The van der Waals surface area contributed by atoms with Crippen LogP contribution in [0.1, 0.15) is 19.3 Å². The zero-order chi connectivity index (χ0) is 10.7. The lowest BCUT2D eigenvalue weighted by atomic mass is 10.0. The summed E-state index contributed by atoms with van der Waals surface area (Å²) in [5.74, 6) is 0. The first-order chi connectivity index (χ1) is 7.29. The van der Waals surface area contributed by atoms with Gasteiger partial charge in [-0.1, -0.05) is 24.6 Å². The monoisotopic (exact) mass is 225 g/mol. The van der Waals surface area contributed by atoms with E-state index in [-0.39, 0.29) is 6.04 Å². The lowest BCUT2D eigenvalue weighted by Crippen LogP contribution is -2.43. The van der Waals surface area contributed by atoms with Gasteiger partial charge in [-0.2, -0.15) is 8.42 Å². The van der Waals surface area contributed by atoms with Crippen molar-refractivity contribution in [3.05, 3.63) is 24.3 Å². The molecule has 2 rings (SSSR count). The lowest BCUT2D eigenvalue weighted by Gasteiger charge is -2.32. The van der Waals surface area contributed by atoms with E-state index in [9.17, 15) is 8.42 Å². The zero-order valence-electron chi connectivity index (χ0n) is 8.59. The zero-order valence-corrected chi connectivity index (χ0v) is 9.41. The van der Waals surface area contributed by atoms with Crippen LogP contribution in [0.2, 0.25) is 0 Å². The molecule has 0 aromatic heterocycles.